The summed E-state index contributed by atoms with van der Waals surface area (Å²) in [6.07, 6.45) is 0.869. The molecule has 0 saturated heterocycles. The zero-order valence-corrected chi connectivity index (χ0v) is 11.2. The van der Waals surface area contributed by atoms with Gasteiger partial charge >= 0.3 is 0 Å². The van der Waals surface area contributed by atoms with E-state index >= 15 is 0 Å². The summed E-state index contributed by atoms with van der Waals surface area (Å²) >= 11 is 5.78. The number of hydrogen-bond donors (Lipinski definition) is 1. The van der Waals surface area contributed by atoms with Gasteiger partial charge in [0.15, 0.2) is 9.84 Å². The van der Waals surface area contributed by atoms with E-state index < -0.39 is 9.84 Å². The summed E-state index contributed by atoms with van der Waals surface area (Å²) in [5.74, 6) is -0.0484. The number of nitrogen functional groups attached to an aromatic ring is 1. The third-order valence-corrected chi connectivity index (χ3v) is 4.18. The molecule has 0 amide bonds. The number of benzene rings is 1. The molecule has 96 valence electrons. The molecule has 0 saturated carbocycles. The Morgan fingerprint density at radius 2 is 2.06 bits per heavy atom. The number of sulfone groups is 1. The van der Waals surface area contributed by atoms with Crippen molar-refractivity contribution in [2.45, 2.75) is 18.2 Å². The number of anilines is 1. The Kier molecular flexibility index (Phi) is 5.24. The van der Waals surface area contributed by atoms with Crippen molar-refractivity contribution in [3.63, 3.8) is 0 Å². The second-order valence-electron chi connectivity index (χ2n) is 3.61. The Bertz CT molecular complexity index is 474. The molecule has 0 aromatic heterocycles. The highest BCUT2D eigenvalue weighted by molar-refractivity contribution is 7.91. The third kappa shape index (κ3) is 4.18. The minimum atomic E-state index is -3.35. The van der Waals surface area contributed by atoms with Gasteiger partial charge in [0.1, 0.15) is 0 Å². The van der Waals surface area contributed by atoms with Gasteiger partial charge in [0.25, 0.3) is 0 Å². The highest BCUT2D eigenvalue weighted by Gasteiger charge is 2.15. The Balaban J connectivity index is 2.72. The standard InChI is InChI=1S/C11H16ClNO3S/c1-2-5-16-6-7-17(14,15)9-3-4-11(13)10(12)8-9/h3-4,8H,2,5-7,13H2,1H3. The summed E-state index contributed by atoms with van der Waals surface area (Å²) in [5, 5.41) is 0.251. The van der Waals surface area contributed by atoms with E-state index in [1.165, 1.54) is 18.2 Å². The van der Waals surface area contributed by atoms with Crippen LogP contribution >= 0.6 is 11.6 Å². The Morgan fingerprint density at radius 3 is 2.65 bits per heavy atom. The fourth-order valence-corrected chi connectivity index (χ4v) is 2.63. The van der Waals surface area contributed by atoms with Gasteiger partial charge < -0.3 is 10.5 Å². The van der Waals surface area contributed by atoms with E-state index in [2.05, 4.69) is 0 Å². The number of hydrogen-bond acceptors (Lipinski definition) is 4. The number of ether oxygens (including phenoxy) is 1. The molecule has 1 aromatic rings. The lowest BCUT2D eigenvalue weighted by Crippen LogP contribution is -2.13. The maximum absolute atomic E-state index is 11.9. The highest BCUT2D eigenvalue weighted by Crippen LogP contribution is 2.23. The van der Waals surface area contributed by atoms with Crippen molar-refractivity contribution >= 4 is 27.1 Å². The lowest BCUT2D eigenvalue weighted by atomic mass is 10.3. The quantitative estimate of drug-likeness (QED) is 0.639. The molecule has 0 aliphatic heterocycles. The topological polar surface area (TPSA) is 69.4 Å². The molecular formula is C11H16ClNO3S. The molecule has 17 heavy (non-hydrogen) atoms. The normalized spacial score (nSPS) is 11.6. The number of halogens is 1. The van der Waals surface area contributed by atoms with Crippen molar-refractivity contribution in [1.29, 1.82) is 0 Å². The van der Waals surface area contributed by atoms with Crippen LogP contribution in [-0.4, -0.2) is 27.4 Å². The van der Waals surface area contributed by atoms with Crippen LogP contribution in [0, 0.1) is 0 Å². The van der Waals surface area contributed by atoms with E-state index in [1.807, 2.05) is 6.92 Å². The van der Waals surface area contributed by atoms with Crippen LogP contribution in [0.5, 0.6) is 0 Å². The second-order valence-corrected chi connectivity index (χ2v) is 6.13. The summed E-state index contributed by atoms with van der Waals surface area (Å²) in [7, 11) is -3.35. The average Bonchev–Trinajstić information content (AvgIpc) is 2.28. The first-order chi connectivity index (χ1) is 7.97. The second kappa shape index (κ2) is 6.23. The maximum atomic E-state index is 11.9. The van der Waals surface area contributed by atoms with Gasteiger partial charge in [-0.2, -0.15) is 0 Å². The van der Waals surface area contributed by atoms with Crippen molar-refractivity contribution in [3.8, 4) is 0 Å². The zero-order chi connectivity index (χ0) is 12.9. The molecule has 0 aliphatic rings. The van der Waals surface area contributed by atoms with Crippen molar-refractivity contribution in [1.82, 2.24) is 0 Å². The predicted molar refractivity (Wildman–Crippen MR) is 69.0 cm³/mol. The van der Waals surface area contributed by atoms with Crippen LogP contribution in [0.15, 0.2) is 23.1 Å². The fraction of sp³-hybridized carbons (Fsp3) is 0.455. The highest BCUT2D eigenvalue weighted by atomic mass is 35.5. The smallest absolute Gasteiger partial charge is 0.180 e. The van der Waals surface area contributed by atoms with Crippen molar-refractivity contribution in [2.75, 3.05) is 24.7 Å². The molecule has 0 aliphatic carbocycles. The molecule has 6 heteroatoms. The molecule has 0 unspecified atom stereocenters. The lowest BCUT2D eigenvalue weighted by molar-refractivity contribution is 0.149. The summed E-state index contributed by atoms with van der Waals surface area (Å²) < 4.78 is 28.9. The summed E-state index contributed by atoms with van der Waals surface area (Å²) in [5.41, 5.74) is 5.89. The van der Waals surface area contributed by atoms with E-state index in [0.29, 0.717) is 12.3 Å². The summed E-state index contributed by atoms with van der Waals surface area (Å²) in [6.45, 7) is 2.73. The molecule has 0 fully saturated rings. The van der Waals surface area contributed by atoms with Crippen LogP contribution in [0.3, 0.4) is 0 Å². The first-order valence-corrected chi connectivity index (χ1v) is 7.36. The van der Waals surface area contributed by atoms with Crippen molar-refractivity contribution < 1.29 is 13.2 Å². The van der Waals surface area contributed by atoms with Gasteiger partial charge in [0, 0.05) is 6.61 Å². The van der Waals surface area contributed by atoms with Gasteiger partial charge in [0.2, 0.25) is 0 Å². The van der Waals surface area contributed by atoms with Gasteiger partial charge in [-0.05, 0) is 24.6 Å². The van der Waals surface area contributed by atoms with Crippen molar-refractivity contribution in [3.05, 3.63) is 23.2 Å². The summed E-state index contributed by atoms with van der Waals surface area (Å²) in [4.78, 5) is 0.178. The molecular weight excluding hydrogens is 262 g/mol. The Morgan fingerprint density at radius 1 is 1.35 bits per heavy atom. The van der Waals surface area contributed by atoms with E-state index in [9.17, 15) is 8.42 Å². The van der Waals surface area contributed by atoms with Crippen molar-refractivity contribution in [2.24, 2.45) is 0 Å². The van der Waals surface area contributed by atoms with E-state index in [0.717, 1.165) is 6.42 Å². The Hall–Kier alpha value is -0.780. The lowest BCUT2D eigenvalue weighted by Gasteiger charge is -2.06. The maximum Gasteiger partial charge on any atom is 0.180 e. The molecule has 0 spiro atoms. The van der Waals surface area contributed by atoms with Crippen LogP contribution in [0.1, 0.15) is 13.3 Å². The minimum absolute atomic E-state index is 0.0484. The molecule has 4 nitrogen and oxygen atoms in total. The summed E-state index contributed by atoms with van der Waals surface area (Å²) in [6, 6.07) is 4.31. The molecule has 0 heterocycles. The monoisotopic (exact) mass is 277 g/mol. The first-order valence-electron chi connectivity index (χ1n) is 5.33. The van der Waals surface area contributed by atoms with Crippen LogP contribution < -0.4 is 5.73 Å². The fourth-order valence-electron chi connectivity index (χ4n) is 1.23. The van der Waals surface area contributed by atoms with Gasteiger partial charge in [-0.15, -0.1) is 0 Å². The first kappa shape index (κ1) is 14.3. The zero-order valence-electron chi connectivity index (χ0n) is 9.65. The van der Waals surface area contributed by atoms with E-state index in [1.54, 1.807) is 0 Å². The Labute approximate surface area is 107 Å². The van der Waals surface area contributed by atoms with E-state index in [-0.39, 0.29) is 22.3 Å². The average molecular weight is 278 g/mol. The largest absolute Gasteiger partial charge is 0.398 e. The minimum Gasteiger partial charge on any atom is -0.398 e. The van der Waals surface area contributed by atoms with Crippen LogP contribution in [0.2, 0.25) is 5.02 Å². The molecule has 0 radical (unpaired) electrons. The van der Waals surface area contributed by atoms with Crippen LogP contribution in [0.25, 0.3) is 0 Å². The van der Waals surface area contributed by atoms with Gasteiger partial charge in [-0.1, -0.05) is 18.5 Å². The number of nitrogens with two attached hydrogens (primary N) is 1. The third-order valence-electron chi connectivity index (χ3n) is 2.18. The molecule has 1 aromatic carbocycles. The van der Waals surface area contributed by atoms with Gasteiger partial charge in [0.05, 0.1) is 28.0 Å². The number of rotatable bonds is 6. The SMILES string of the molecule is CCCOCCS(=O)(=O)c1ccc(N)c(Cl)c1. The molecule has 1 rings (SSSR count). The van der Waals surface area contributed by atoms with Gasteiger partial charge in [-0.25, -0.2) is 8.42 Å². The van der Waals surface area contributed by atoms with Crippen LogP contribution in [0.4, 0.5) is 5.69 Å². The van der Waals surface area contributed by atoms with Gasteiger partial charge in [-0.3, -0.25) is 0 Å². The molecule has 2 N–H and O–H groups in total. The molecule has 0 atom stereocenters. The predicted octanol–water partition coefficient (Wildman–Crippen LogP) is 2.12. The van der Waals surface area contributed by atoms with E-state index in [4.69, 9.17) is 22.1 Å². The molecule has 0 bridgehead atoms. The van der Waals surface area contributed by atoms with Crippen LogP contribution in [-0.2, 0) is 14.6 Å².